The number of hydrogen-bond donors (Lipinski definition) is 1. The summed E-state index contributed by atoms with van der Waals surface area (Å²) in [6.45, 7) is 0. The van der Waals surface area contributed by atoms with E-state index in [-0.39, 0.29) is 18.9 Å². The molecule has 3 unspecified atom stereocenters. The van der Waals surface area contributed by atoms with Crippen molar-refractivity contribution < 1.29 is 13.2 Å². The molecule has 1 heterocycles. The molecule has 1 aliphatic heterocycles. The van der Waals surface area contributed by atoms with Crippen molar-refractivity contribution in [3.05, 3.63) is 9.78 Å². The van der Waals surface area contributed by atoms with Crippen LogP contribution in [-0.4, -0.2) is 12.2 Å². The van der Waals surface area contributed by atoms with E-state index in [0.717, 1.165) is 0 Å². The van der Waals surface area contributed by atoms with Crippen LogP contribution in [0.25, 0.3) is 0 Å². The first kappa shape index (κ1) is 10.6. The SMILES string of the molecule is FC(F)(F)C1CCC2C(I)=CNC2C1. The van der Waals surface area contributed by atoms with Gasteiger partial charge in [-0.3, -0.25) is 0 Å². The molecule has 80 valence electrons. The lowest BCUT2D eigenvalue weighted by molar-refractivity contribution is -0.184. The Morgan fingerprint density at radius 2 is 2.07 bits per heavy atom. The molecular formula is C9H11F3IN. The summed E-state index contributed by atoms with van der Waals surface area (Å²) in [6.07, 6.45) is -0.976. The maximum Gasteiger partial charge on any atom is 0.391 e. The van der Waals surface area contributed by atoms with Crippen molar-refractivity contribution in [2.75, 3.05) is 0 Å². The molecule has 2 rings (SSSR count). The van der Waals surface area contributed by atoms with Crippen molar-refractivity contribution in [3.8, 4) is 0 Å². The second-order valence-corrected chi connectivity index (χ2v) is 5.21. The largest absolute Gasteiger partial charge is 0.391 e. The number of nitrogens with one attached hydrogen (secondary N) is 1. The van der Waals surface area contributed by atoms with Gasteiger partial charge >= 0.3 is 6.18 Å². The van der Waals surface area contributed by atoms with Crippen LogP contribution >= 0.6 is 22.6 Å². The second kappa shape index (κ2) is 3.57. The van der Waals surface area contributed by atoms with Gasteiger partial charge in [0.1, 0.15) is 0 Å². The van der Waals surface area contributed by atoms with Gasteiger partial charge in [0, 0.05) is 21.7 Å². The topological polar surface area (TPSA) is 12.0 Å². The lowest BCUT2D eigenvalue weighted by Crippen LogP contribution is -2.39. The Morgan fingerprint density at radius 1 is 1.36 bits per heavy atom. The zero-order chi connectivity index (χ0) is 10.3. The second-order valence-electron chi connectivity index (χ2n) is 3.96. The van der Waals surface area contributed by atoms with Crippen LogP contribution in [-0.2, 0) is 0 Å². The van der Waals surface area contributed by atoms with Gasteiger partial charge in [0.15, 0.2) is 0 Å². The Kier molecular flexibility index (Phi) is 2.70. The highest BCUT2D eigenvalue weighted by molar-refractivity contribution is 14.1. The van der Waals surface area contributed by atoms with Gasteiger partial charge in [0.25, 0.3) is 0 Å². The molecule has 0 amide bonds. The van der Waals surface area contributed by atoms with E-state index in [1.807, 2.05) is 6.20 Å². The van der Waals surface area contributed by atoms with Crippen LogP contribution in [0.2, 0.25) is 0 Å². The summed E-state index contributed by atoms with van der Waals surface area (Å²) in [5.74, 6) is -0.777. The molecule has 1 nitrogen and oxygen atoms in total. The van der Waals surface area contributed by atoms with Crippen LogP contribution in [0.15, 0.2) is 9.78 Å². The van der Waals surface area contributed by atoms with Crippen molar-refractivity contribution in [1.29, 1.82) is 0 Å². The van der Waals surface area contributed by atoms with Gasteiger partial charge < -0.3 is 5.32 Å². The number of rotatable bonds is 0. The standard InChI is InChI=1S/C9H11F3IN/c10-9(11,12)5-1-2-6-7(13)4-14-8(6)3-5/h4-6,8,14H,1-3H2. The molecule has 2 aliphatic rings. The molecular weight excluding hydrogens is 306 g/mol. The fourth-order valence-electron chi connectivity index (χ4n) is 2.28. The van der Waals surface area contributed by atoms with E-state index >= 15 is 0 Å². The molecule has 1 saturated carbocycles. The van der Waals surface area contributed by atoms with Crippen molar-refractivity contribution in [1.82, 2.24) is 5.32 Å². The third-order valence-electron chi connectivity index (χ3n) is 3.10. The van der Waals surface area contributed by atoms with E-state index in [4.69, 9.17) is 0 Å². The molecule has 0 aromatic carbocycles. The summed E-state index contributed by atoms with van der Waals surface area (Å²) >= 11 is 2.21. The third kappa shape index (κ3) is 1.87. The number of halogens is 4. The maximum atomic E-state index is 12.4. The van der Waals surface area contributed by atoms with Gasteiger partial charge in [0.05, 0.1) is 5.92 Å². The zero-order valence-electron chi connectivity index (χ0n) is 7.44. The minimum Gasteiger partial charge on any atom is -0.387 e. The number of fused-ring (bicyclic) bond motifs is 1. The van der Waals surface area contributed by atoms with Gasteiger partial charge in [-0.1, -0.05) is 0 Å². The smallest absolute Gasteiger partial charge is 0.387 e. The first-order valence-corrected chi connectivity index (χ1v) is 5.74. The Morgan fingerprint density at radius 3 is 2.71 bits per heavy atom. The quantitative estimate of drug-likeness (QED) is 0.677. The fraction of sp³-hybridized carbons (Fsp3) is 0.778. The van der Waals surface area contributed by atoms with E-state index in [2.05, 4.69) is 27.9 Å². The third-order valence-corrected chi connectivity index (χ3v) is 4.21. The highest BCUT2D eigenvalue weighted by Crippen LogP contribution is 2.44. The van der Waals surface area contributed by atoms with Gasteiger partial charge in [-0.2, -0.15) is 13.2 Å². The molecule has 0 spiro atoms. The van der Waals surface area contributed by atoms with Crippen molar-refractivity contribution >= 4 is 22.6 Å². The molecule has 1 aliphatic carbocycles. The van der Waals surface area contributed by atoms with E-state index in [9.17, 15) is 13.2 Å². The van der Waals surface area contributed by atoms with Crippen molar-refractivity contribution in [3.63, 3.8) is 0 Å². The Labute approximate surface area is 94.3 Å². The first-order valence-electron chi connectivity index (χ1n) is 4.67. The maximum absolute atomic E-state index is 12.4. The average molecular weight is 317 g/mol. The molecule has 0 bridgehead atoms. The Hall–Kier alpha value is 0.0600. The minimum absolute atomic E-state index is 0.0160. The average Bonchev–Trinajstić information content (AvgIpc) is 2.46. The highest BCUT2D eigenvalue weighted by atomic mass is 127. The van der Waals surface area contributed by atoms with E-state index < -0.39 is 12.1 Å². The summed E-state index contributed by atoms with van der Waals surface area (Å²) in [5, 5.41) is 3.04. The van der Waals surface area contributed by atoms with Crippen LogP contribution in [0.3, 0.4) is 0 Å². The van der Waals surface area contributed by atoms with Gasteiger partial charge in [-0.05, 0) is 41.9 Å². The molecule has 5 heteroatoms. The number of alkyl halides is 3. The molecule has 3 atom stereocenters. The van der Waals surface area contributed by atoms with Crippen LogP contribution in [0.4, 0.5) is 13.2 Å². The van der Waals surface area contributed by atoms with Crippen LogP contribution in [0.1, 0.15) is 19.3 Å². The van der Waals surface area contributed by atoms with Crippen molar-refractivity contribution in [2.24, 2.45) is 11.8 Å². The molecule has 0 aromatic heterocycles. The predicted molar refractivity (Wildman–Crippen MR) is 55.9 cm³/mol. The van der Waals surface area contributed by atoms with E-state index in [1.54, 1.807) is 0 Å². The lowest BCUT2D eigenvalue weighted by atomic mass is 9.79. The van der Waals surface area contributed by atoms with Gasteiger partial charge in [-0.25, -0.2) is 0 Å². The van der Waals surface area contributed by atoms with Crippen molar-refractivity contribution in [2.45, 2.75) is 31.5 Å². The van der Waals surface area contributed by atoms with E-state index in [0.29, 0.717) is 12.3 Å². The predicted octanol–water partition coefficient (Wildman–Crippen LogP) is 3.21. The monoisotopic (exact) mass is 317 g/mol. The van der Waals surface area contributed by atoms with Crippen LogP contribution in [0, 0.1) is 11.8 Å². The van der Waals surface area contributed by atoms with Crippen LogP contribution in [0.5, 0.6) is 0 Å². The molecule has 0 saturated heterocycles. The lowest BCUT2D eigenvalue weighted by Gasteiger charge is -2.33. The van der Waals surface area contributed by atoms with Gasteiger partial charge in [0.2, 0.25) is 0 Å². The van der Waals surface area contributed by atoms with Gasteiger partial charge in [-0.15, -0.1) is 0 Å². The summed E-state index contributed by atoms with van der Waals surface area (Å²) in [4.78, 5) is 0. The summed E-state index contributed by atoms with van der Waals surface area (Å²) < 4.78 is 38.5. The molecule has 0 aromatic rings. The normalized spacial score (nSPS) is 37.4. The first-order chi connectivity index (χ1) is 6.48. The minimum atomic E-state index is -4.01. The summed E-state index contributed by atoms with van der Waals surface area (Å²) in [7, 11) is 0. The molecule has 14 heavy (non-hydrogen) atoms. The molecule has 1 fully saturated rings. The van der Waals surface area contributed by atoms with Crippen LogP contribution < -0.4 is 5.32 Å². The fourth-order valence-corrected chi connectivity index (χ4v) is 3.20. The molecule has 1 N–H and O–H groups in total. The number of hydrogen-bond acceptors (Lipinski definition) is 1. The summed E-state index contributed by atoms with van der Waals surface area (Å²) in [6, 6.07) is 0.0160. The Balaban J connectivity index is 2.02. The summed E-state index contributed by atoms with van der Waals surface area (Å²) in [5.41, 5.74) is 0. The van der Waals surface area contributed by atoms with E-state index in [1.165, 1.54) is 3.58 Å². The molecule has 0 radical (unpaired) electrons. The Bertz CT molecular complexity index is 261. The highest BCUT2D eigenvalue weighted by Gasteiger charge is 2.46. The zero-order valence-corrected chi connectivity index (χ0v) is 9.60.